The number of hydrogen-bond acceptors (Lipinski definition) is 6. The van der Waals surface area contributed by atoms with Crippen LogP contribution in [-0.2, 0) is 30.6 Å². The number of rotatable bonds is 8. The molecule has 4 rings (SSSR count). The molecule has 0 unspecified atom stereocenters. The molecule has 0 saturated heterocycles. The maximum atomic E-state index is 12.9. The van der Waals surface area contributed by atoms with Crippen LogP contribution >= 0.6 is 22.7 Å². The lowest BCUT2D eigenvalue weighted by atomic mass is 9.97. The summed E-state index contributed by atoms with van der Waals surface area (Å²) in [7, 11) is 0. The van der Waals surface area contributed by atoms with Crippen molar-refractivity contribution in [2.75, 3.05) is 6.54 Å². The quantitative estimate of drug-likeness (QED) is 0.554. The lowest BCUT2D eigenvalue weighted by molar-refractivity contribution is -0.121. The van der Waals surface area contributed by atoms with Crippen LogP contribution in [0.2, 0.25) is 0 Å². The molecule has 3 aromatic heterocycles. The normalized spacial score (nSPS) is 13.6. The van der Waals surface area contributed by atoms with Gasteiger partial charge in [-0.2, -0.15) is 0 Å². The minimum Gasteiger partial charge on any atom is -0.356 e. The Balaban J connectivity index is 1.26. The molecule has 3 heterocycles. The summed E-state index contributed by atoms with van der Waals surface area (Å²) in [6.07, 6.45) is 9.14. The van der Waals surface area contributed by atoms with Crippen LogP contribution in [0.1, 0.15) is 53.2 Å². The number of amides is 1. The van der Waals surface area contributed by atoms with Gasteiger partial charge in [-0.05, 0) is 57.4 Å². The lowest BCUT2D eigenvalue weighted by Gasteiger charge is -2.10. The van der Waals surface area contributed by atoms with Crippen LogP contribution in [0.25, 0.3) is 10.2 Å². The monoisotopic (exact) mass is 430 g/mol. The Kier molecular flexibility index (Phi) is 6.40. The maximum absolute atomic E-state index is 12.9. The van der Waals surface area contributed by atoms with Gasteiger partial charge < -0.3 is 5.32 Å². The van der Waals surface area contributed by atoms with Crippen molar-refractivity contribution in [2.24, 2.45) is 0 Å². The Bertz CT molecular complexity index is 1070. The van der Waals surface area contributed by atoms with Crippen LogP contribution in [-0.4, -0.2) is 27.0 Å². The molecule has 1 aliphatic rings. The Morgan fingerprint density at radius 2 is 2.14 bits per heavy atom. The maximum Gasteiger partial charge on any atom is 0.262 e. The van der Waals surface area contributed by atoms with Crippen molar-refractivity contribution >= 4 is 38.8 Å². The molecule has 6 nitrogen and oxygen atoms in total. The third-order valence-corrected chi connectivity index (χ3v) is 7.55. The number of hydrogen-bond donors (Lipinski definition) is 1. The highest BCUT2D eigenvalue weighted by atomic mass is 32.1. The topological polar surface area (TPSA) is 76.9 Å². The summed E-state index contributed by atoms with van der Waals surface area (Å²) in [6.45, 7) is 3.04. The standard InChI is InChI=1S/C21H26N4O2S2/c1-14-12-28-18(24-14)8-4-5-10-22-17(26)9-11-25-13-23-20-19(21(25)27)15-6-2-3-7-16(15)29-20/h12-13H,2-11H2,1H3,(H,22,26). The van der Waals surface area contributed by atoms with E-state index in [0.717, 1.165) is 59.4 Å². The van der Waals surface area contributed by atoms with Gasteiger partial charge in [0, 0.05) is 35.5 Å². The highest BCUT2D eigenvalue weighted by Crippen LogP contribution is 2.33. The van der Waals surface area contributed by atoms with Crippen molar-refractivity contribution in [1.82, 2.24) is 19.9 Å². The van der Waals surface area contributed by atoms with Crippen molar-refractivity contribution < 1.29 is 4.79 Å². The molecular weight excluding hydrogens is 404 g/mol. The summed E-state index contributed by atoms with van der Waals surface area (Å²) in [4.78, 5) is 36.2. The first-order valence-electron chi connectivity index (χ1n) is 10.3. The minimum absolute atomic E-state index is 0.000872. The van der Waals surface area contributed by atoms with E-state index >= 15 is 0 Å². The molecule has 1 N–H and O–H groups in total. The van der Waals surface area contributed by atoms with E-state index in [9.17, 15) is 9.59 Å². The SMILES string of the molecule is Cc1csc(CCCCNC(=O)CCn2cnc3sc4c(c3c2=O)CCCC4)n1. The van der Waals surface area contributed by atoms with Crippen molar-refractivity contribution in [1.29, 1.82) is 0 Å². The summed E-state index contributed by atoms with van der Waals surface area (Å²) >= 11 is 3.35. The average molecular weight is 431 g/mol. The Morgan fingerprint density at radius 3 is 2.97 bits per heavy atom. The first kappa shape index (κ1) is 20.2. The summed E-state index contributed by atoms with van der Waals surface area (Å²) < 4.78 is 1.59. The molecule has 0 atom stereocenters. The van der Waals surface area contributed by atoms with Gasteiger partial charge in [0.05, 0.1) is 16.7 Å². The Labute approximate surface area is 178 Å². The predicted octanol–water partition coefficient (Wildman–Crippen LogP) is 3.63. The van der Waals surface area contributed by atoms with Crippen LogP contribution in [0, 0.1) is 6.92 Å². The molecule has 0 saturated carbocycles. The number of thiophene rings is 1. The number of aromatic nitrogens is 3. The fourth-order valence-electron chi connectivity index (χ4n) is 3.80. The molecular formula is C21H26N4O2S2. The lowest BCUT2D eigenvalue weighted by Crippen LogP contribution is -2.28. The van der Waals surface area contributed by atoms with Crippen molar-refractivity contribution in [3.63, 3.8) is 0 Å². The number of carbonyl (C=O) groups excluding carboxylic acids is 1. The zero-order valence-corrected chi connectivity index (χ0v) is 18.3. The third-order valence-electron chi connectivity index (χ3n) is 5.33. The number of nitrogens with one attached hydrogen (secondary N) is 1. The minimum atomic E-state index is -0.0190. The van der Waals surface area contributed by atoms with E-state index in [2.05, 4.69) is 20.7 Å². The summed E-state index contributed by atoms with van der Waals surface area (Å²) in [5.41, 5.74) is 2.27. The number of fused-ring (bicyclic) bond motifs is 3. The second-order valence-corrected chi connectivity index (χ2v) is 9.60. The highest BCUT2D eigenvalue weighted by molar-refractivity contribution is 7.18. The van der Waals surface area contributed by atoms with Gasteiger partial charge in [0.2, 0.25) is 5.91 Å². The van der Waals surface area contributed by atoms with Gasteiger partial charge in [-0.25, -0.2) is 9.97 Å². The van der Waals surface area contributed by atoms with Gasteiger partial charge in [-0.3, -0.25) is 14.2 Å². The zero-order valence-electron chi connectivity index (χ0n) is 16.7. The molecule has 154 valence electrons. The molecule has 0 aromatic carbocycles. The van der Waals surface area contributed by atoms with E-state index in [4.69, 9.17) is 0 Å². The van der Waals surface area contributed by atoms with E-state index in [1.165, 1.54) is 16.9 Å². The molecule has 3 aromatic rings. The number of aryl methyl sites for hydroxylation is 5. The molecule has 1 amide bonds. The average Bonchev–Trinajstić information content (AvgIpc) is 3.30. The summed E-state index contributed by atoms with van der Waals surface area (Å²) in [5.74, 6) is -0.0190. The van der Waals surface area contributed by atoms with Gasteiger partial charge in [0.1, 0.15) is 4.83 Å². The second kappa shape index (κ2) is 9.17. The molecule has 0 bridgehead atoms. The molecule has 0 radical (unpaired) electrons. The molecule has 0 aliphatic heterocycles. The number of thiazole rings is 1. The van der Waals surface area contributed by atoms with Crippen LogP contribution in [0.4, 0.5) is 0 Å². The van der Waals surface area contributed by atoms with Crippen LogP contribution in [0.5, 0.6) is 0 Å². The Hall–Kier alpha value is -2.06. The summed E-state index contributed by atoms with van der Waals surface area (Å²) in [6, 6.07) is 0. The molecule has 0 fully saturated rings. The van der Waals surface area contributed by atoms with E-state index in [1.54, 1.807) is 33.6 Å². The van der Waals surface area contributed by atoms with E-state index in [-0.39, 0.29) is 11.5 Å². The predicted molar refractivity (Wildman–Crippen MR) is 118 cm³/mol. The van der Waals surface area contributed by atoms with Crippen molar-refractivity contribution in [3.8, 4) is 0 Å². The smallest absolute Gasteiger partial charge is 0.262 e. The van der Waals surface area contributed by atoms with Gasteiger partial charge in [-0.1, -0.05) is 0 Å². The van der Waals surface area contributed by atoms with E-state index in [0.29, 0.717) is 19.5 Å². The summed E-state index contributed by atoms with van der Waals surface area (Å²) in [5, 5.41) is 6.96. The van der Waals surface area contributed by atoms with E-state index in [1.807, 2.05) is 6.92 Å². The number of carbonyl (C=O) groups is 1. The third kappa shape index (κ3) is 4.75. The zero-order chi connectivity index (χ0) is 20.2. The largest absolute Gasteiger partial charge is 0.356 e. The van der Waals surface area contributed by atoms with Gasteiger partial charge in [0.25, 0.3) is 5.56 Å². The highest BCUT2D eigenvalue weighted by Gasteiger charge is 2.20. The van der Waals surface area contributed by atoms with Crippen LogP contribution in [0.3, 0.4) is 0 Å². The Morgan fingerprint density at radius 1 is 1.28 bits per heavy atom. The molecule has 1 aliphatic carbocycles. The van der Waals surface area contributed by atoms with E-state index < -0.39 is 0 Å². The second-order valence-electron chi connectivity index (χ2n) is 7.57. The van der Waals surface area contributed by atoms with Gasteiger partial charge in [0.15, 0.2) is 0 Å². The fraction of sp³-hybridized carbons (Fsp3) is 0.524. The van der Waals surface area contributed by atoms with Gasteiger partial charge >= 0.3 is 0 Å². The molecule has 8 heteroatoms. The van der Waals surface area contributed by atoms with Crippen LogP contribution in [0.15, 0.2) is 16.5 Å². The fourth-order valence-corrected chi connectivity index (χ4v) is 5.84. The first-order chi connectivity index (χ1) is 14.1. The first-order valence-corrected chi connectivity index (χ1v) is 12.0. The van der Waals surface area contributed by atoms with Crippen LogP contribution < -0.4 is 10.9 Å². The van der Waals surface area contributed by atoms with Gasteiger partial charge in [-0.15, -0.1) is 22.7 Å². The van der Waals surface area contributed by atoms with Crippen molar-refractivity contribution in [3.05, 3.63) is 43.2 Å². The molecule has 29 heavy (non-hydrogen) atoms. The number of unbranched alkanes of at least 4 members (excludes halogenated alkanes) is 1. The molecule has 0 spiro atoms. The van der Waals surface area contributed by atoms with Crippen molar-refractivity contribution in [2.45, 2.75) is 64.8 Å². The number of nitrogens with zero attached hydrogens (tertiary/aromatic N) is 3.